The minimum atomic E-state index is -1.95. The highest BCUT2D eigenvalue weighted by molar-refractivity contribution is 6.74. The van der Waals surface area contributed by atoms with Gasteiger partial charge >= 0.3 is 11.8 Å². The summed E-state index contributed by atoms with van der Waals surface area (Å²) >= 11 is 0. The van der Waals surface area contributed by atoms with Gasteiger partial charge in [-0.3, -0.25) is 5.10 Å². The number of pyridine rings is 1. The molecule has 2 aromatic carbocycles. The fourth-order valence-corrected chi connectivity index (χ4v) is 8.09. The third-order valence-corrected chi connectivity index (χ3v) is 15.5. The number of carbonyl (C=O) groups excluding carboxylic acids is 1. The van der Waals surface area contributed by atoms with Crippen LogP contribution in [0.3, 0.4) is 0 Å². The molecule has 0 radical (unpaired) electrons. The molecule has 1 amide bonds. The summed E-state index contributed by atoms with van der Waals surface area (Å²) in [5.74, 6) is -0.167. The first kappa shape index (κ1) is 40.1. The third-order valence-electron chi connectivity index (χ3n) is 10.9. The Morgan fingerprint density at radius 3 is 2.45 bits per heavy atom. The lowest BCUT2D eigenvalue weighted by Gasteiger charge is -2.41. The summed E-state index contributed by atoms with van der Waals surface area (Å²) in [7, 11) is -1.95. The van der Waals surface area contributed by atoms with E-state index in [0.29, 0.717) is 66.3 Å². The molecule has 6 rings (SSSR count). The van der Waals surface area contributed by atoms with Crippen LogP contribution in [0.2, 0.25) is 18.1 Å². The highest BCUT2D eigenvalue weighted by Gasteiger charge is 2.37. The average molecular weight is 770 g/mol. The fourth-order valence-electron chi connectivity index (χ4n) is 7.00. The van der Waals surface area contributed by atoms with E-state index in [2.05, 4.69) is 57.9 Å². The van der Waals surface area contributed by atoms with Crippen molar-refractivity contribution in [2.24, 2.45) is 0 Å². The Hall–Kier alpha value is -4.62. The number of amides is 1. The molecule has 1 aliphatic rings. The highest BCUT2D eigenvalue weighted by atomic mass is 28.4. The van der Waals surface area contributed by atoms with Crippen LogP contribution in [-0.2, 0) is 15.6 Å². The normalized spacial score (nSPS) is 15.8. The van der Waals surface area contributed by atoms with Crippen LogP contribution in [0, 0.1) is 5.82 Å². The number of anilines is 1. The van der Waals surface area contributed by atoms with Crippen molar-refractivity contribution in [2.75, 3.05) is 31.1 Å². The van der Waals surface area contributed by atoms with E-state index in [1.165, 1.54) is 6.07 Å². The maximum absolute atomic E-state index is 16.6. The number of nitrogens with zero attached hydrogens (tertiary/aromatic N) is 6. The van der Waals surface area contributed by atoms with Gasteiger partial charge in [0.2, 0.25) is 0 Å². The molecule has 1 N–H and O–H groups in total. The number of aromatic amines is 1. The molecule has 1 aliphatic heterocycles. The second kappa shape index (κ2) is 15.1. The van der Waals surface area contributed by atoms with Crippen molar-refractivity contribution in [2.45, 2.75) is 111 Å². The number of aryl methyl sites for hydroxylation is 1. The average Bonchev–Trinajstić information content (AvgIpc) is 3.58. The van der Waals surface area contributed by atoms with E-state index >= 15 is 4.39 Å². The molecule has 5 aromatic rings. The first-order valence-corrected chi connectivity index (χ1v) is 22.2. The largest absolute Gasteiger partial charge is 0.444 e. The molecule has 0 aliphatic carbocycles. The van der Waals surface area contributed by atoms with Crippen molar-refractivity contribution < 1.29 is 18.3 Å². The number of halogens is 1. The Labute approximate surface area is 324 Å². The minimum absolute atomic E-state index is 0.0553. The van der Waals surface area contributed by atoms with E-state index in [0.717, 1.165) is 22.9 Å². The van der Waals surface area contributed by atoms with Gasteiger partial charge in [-0.2, -0.15) is 10.1 Å². The molecule has 3 aromatic heterocycles. The van der Waals surface area contributed by atoms with Crippen LogP contribution in [0.25, 0.3) is 38.9 Å². The molecule has 0 saturated carbocycles. The molecule has 1 atom stereocenters. The molecule has 13 heteroatoms. The molecule has 55 heavy (non-hydrogen) atoms. The van der Waals surface area contributed by atoms with E-state index in [4.69, 9.17) is 19.1 Å². The van der Waals surface area contributed by atoms with Crippen LogP contribution in [0.4, 0.5) is 15.0 Å². The molecular weight excluding hydrogens is 714 g/mol. The molecule has 294 valence electrons. The Bertz CT molecular complexity index is 2270. The van der Waals surface area contributed by atoms with Gasteiger partial charge in [0.15, 0.2) is 14.0 Å². The van der Waals surface area contributed by atoms with Gasteiger partial charge in [-0.15, -0.1) is 0 Å². The quantitative estimate of drug-likeness (QED) is 0.117. The number of benzene rings is 2. The monoisotopic (exact) mass is 769 g/mol. The smallest absolute Gasteiger partial charge is 0.410 e. The van der Waals surface area contributed by atoms with Gasteiger partial charge < -0.3 is 19.0 Å². The van der Waals surface area contributed by atoms with Crippen molar-refractivity contribution in [3.8, 4) is 16.9 Å². The van der Waals surface area contributed by atoms with Gasteiger partial charge in [-0.05, 0) is 81.8 Å². The molecule has 4 heterocycles. The number of carbonyl (C=O) groups is 1. The summed E-state index contributed by atoms with van der Waals surface area (Å²) in [5, 5.41) is 8.51. The number of nitrogens with one attached hydrogen (secondary N) is 1. The minimum Gasteiger partial charge on any atom is -0.444 e. The number of piperazine rings is 1. The van der Waals surface area contributed by atoms with Crippen LogP contribution in [-0.4, -0.2) is 81.9 Å². The Kier molecular flexibility index (Phi) is 11.0. The van der Waals surface area contributed by atoms with Crippen molar-refractivity contribution in [1.82, 2.24) is 29.6 Å². The van der Waals surface area contributed by atoms with Gasteiger partial charge in [0.1, 0.15) is 22.9 Å². The zero-order chi connectivity index (χ0) is 40.0. The van der Waals surface area contributed by atoms with E-state index in [-0.39, 0.29) is 22.7 Å². The van der Waals surface area contributed by atoms with Crippen LogP contribution in [0.1, 0.15) is 85.8 Å². The first-order valence-electron chi connectivity index (χ1n) is 19.3. The van der Waals surface area contributed by atoms with Gasteiger partial charge in [-0.1, -0.05) is 71.0 Å². The molecule has 1 saturated heterocycles. The maximum Gasteiger partial charge on any atom is 0.410 e. The number of ether oxygens (including phenoxy) is 1. The summed E-state index contributed by atoms with van der Waals surface area (Å²) in [6.07, 6.45) is 2.71. The number of para-hydroxylation sites is 2. The summed E-state index contributed by atoms with van der Waals surface area (Å²) < 4.78 is 30.4. The second-order valence-electron chi connectivity index (χ2n) is 17.6. The van der Waals surface area contributed by atoms with E-state index in [1.54, 1.807) is 21.7 Å². The molecular formula is C42H56FN7O4Si. The zero-order valence-corrected chi connectivity index (χ0v) is 35.2. The number of aromatic nitrogens is 5. The van der Waals surface area contributed by atoms with Crippen molar-refractivity contribution >= 4 is 42.2 Å². The van der Waals surface area contributed by atoms with Crippen LogP contribution < -0.4 is 10.6 Å². The Morgan fingerprint density at radius 2 is 1.78 bits per heavy atom. The predicted octanol–water partition coefficient (Wildman–Crippen LogP) is 8.99. The number of fused-ring (bicyclic) bond motifs is 2. The standard InChI is InChI=1S/C42H56FN7O4Si/c1-26(2)30-18-12-15-28(17-14-22-53-55(10,11)42(7,8)9)36(30)50-38-32(23-33(43)35(45-38)31-19-13-16-29-24-44-47-34(29)31)37(46-39(50)51)49-21-20-48(25-27(49)3)40(52)54-41(4,5)6/h12-13,15-16,18-19,23-24,26-27H,14,17,20-22,25H2,1-11H3,(H,44,47). The molecule has 0 bridgehead atoms. The topological polar surface area (TPSA) is 118 Å². The lowest BCUT2D eigenvalue weighted by molar-refractivity contribution is 0.0218. The SMILES string of the molecule is CC(C)c1cccc(CCCO[Si](C)(C)C(C)(C)C)c1-n1c(=O)nc(N2CCN(C(=O)OC(C)(C)C)CC2C)c2cc(F)c(-c3cccc4cn[nH]c34)nc21. The number of rotatable bonds is 9. The number of H-pyrrole nitrogens is 1. The van der Waals surface area contributed by atoms with Crippen molar-refractivity contribution in [3.63, 3.8) is 0 Å². The van der Waals surface area contributed by atoms with Crippen molar-refractivity contribution in [1.29, 1.82) is 0 Å². The number of hydrogen-bond donors (Lipinski definition) is 1. The van der Waals surface area contributed by atoms with E-state index < -0.39 is 31.5 Å². The maximum atomic E-state index is 16.6. The van der Waals surface area contributed by atoms with Gasteiger partial charge in [-0.25, -0.2) is 23.5 Å². The van der Waals surface area contributed by atoms with Crippen molar-refractivity contribution in [3.05, 3.63) is 76.1 Å². The highest BCUT2D eigenvalue weighted by Crippen LogP contribution is 2.38. The third kappa shape index (κ3) is 8.18. The summed E-state index contributed by atoms with van der Waals surface area (Å²) in [6.45, 7) is 24.5. The summed E-state index contributed by atoms with van der Waals surface area (Å²) in [6, 6.07) is 12.8. The Balaban J connectivity index is 1.51. The predicted molar refractivity (Wildman–Crippen MR) is 220 cm³/mol. The van der Waals surface area contributed by atoms with Gasteiger partial charge in [0, 0.05) is 43.2 Å². The number of hydrogen-bond acceptors (Lipinski definition) is 8. The fraction of sp³-hybridized carbons (Fsp3) is 0.500. The van der Waals surface area contributed by atoms with Gasteiger partial charge in [0.05, 0.1) is 22.8 Å². The van der Waals surface area contributed by atoms with Crippen LogP contribution >= 0.6 is 0 Å². The summed E-state index contributed by atoms with van der Waals surface area (Å²) in [5.41, 5.74) is 3.07. The molecule has 1 fully saturated rings. The lowest BCUT2D eigenvalue weighted by atomic mass is 9.95. The van der Waals surface area contributed by atoms with Gasteiger partial charge in [0.25, 0.3) is 0 Å². The summed E-state index contributed by atoms with van der Waals surface area (Å²) in [4.78, 5) is 41.1. The lowest BCUT2D eigenvalue weighted by Crippen LogP contribution is -2.55. The second-order valence-corrected chi connectivity index (χ2v) is 22.4. The Morgan fingerprint density at radius 1 is 1.05 bits per heavy atom. The molecule has 11 nitrogen and oxygen atoms in total. The molecule has 0 spiro atoms. The molecule has 1 unspecified atom stereocenters. The van der Waals surface area contributed by atoms with E-state index in [1.807, 2.05) is 62.9 Å². The first-order chi connectivity index (χ1) is 25.8. The van der Waals surface area contributed by atoms with E-state index in [9.17, 15) is 9.59 Å². The van der Waals surface area contributed by atoms with Crippen LogP contribution in [0.5, 0.6) is 0 Å². The zero-order valence-electron chi connectivity index (χ0n) is 34.2. The van der Waals surface area contributed by atoms with Crippen LogP contribution in [0.15, 0.2) is 53.5 Å².